The summed E-state index contributed by atoms with van der Waals surface area (Å²) in [7, 11) is 0. The van der Waals surface area contributed by atoms with E-state index in [0.717, 1.165) is 5.75 Å². The van der Waals surface area contributed by atoms with Gasteiger partial charge in [0, 0.05) is 6.54 Å². The second-order valence-electron chi connectivity index (χ2n) is 4.16. The van der Waals surface area contributed by atoms with Crippen molar-refractivity contribution in [3.8, 4) is 5.75 Å². The Morgan fingerprint density at radius 1 is 1.47 bits per heavy atom. The van der Waals surface area contributed by atoms with Gasteiger partial charge in [-0.1, -0.05) is 17.7 Å². The molecule has 0 aromatic heterocycles. The SMILES string of the molecule is Cc1ccc(OCC(=O)N2CCOC2C)cc1. The molecule has 1 aromatic carbocycles. The van der Waals surface area contributed by atoms with E-state index in [1.165, 1.54) is 5.56 Å². The van der Waals surface area contributed by atoms with Crippen molar-refractivity contribution in [3.05, 3.63) is 29.8 Å². The molecular formula is C13H17NO3. The molecule has 17 heavy (non-hydrogen) atoms. The van der Waals surface area contributed by atoms with Gasteiger partial charge < -0.3 is 14.4 Å². The van der Waals surface area contributed by atoms with Crippen LogP contribution in [-0.4, -0.2) is 36.8 Å². The third kappa shape index (κ3) is 2.97. The van der Waals surface area contributed by atoms with E-state index in [0.29, 0.717) is 13.2 Å². The van der Waals surface area contributed by atoms with E-state index in [1.807, 2.05) is 38.1 Å². The second kappa shape index (κ2) is 5.19. The maximum absolute atomic E-state index is 11.8. The van der Waals surface area contributed by atoms with Crippen molar-refractivity contribution in [2.45, 2.75) is 20.1 Å². The van der Waals surface area contributed by atoms with E-state index >= 15 is 0 Å². The Bertz CT molecular complexity index is 388. The Morgan fingerprint density at radius 2 is 2.18 bits per heavy atom. The van der Waals surface area contributed by atoms with Crippen LogP contribution in [0.25, 0.3) is 0 Å². The van der Waals surface area contributed by atoms with Crippen molar-refractivity contribution in [2.24, 2.45) is 0 Å². The molecule has 0 N–H and O–H groups in total. The van der Waals surface area contributed by atoms with Crippen molar-refractivity contribution >= 4 is 5.91 Å². The molecule has 1 amide bonds. The third-order valence-corrected chi connectivity index (χ3v) is 2.83. The summed E-state index contributed by atoms with van der Waals surface area (Å²) in [5, 5.41) is 0. The van der Waals surface area contributed by atoms with Gasteiger partial charge in [-0.15, -0.1) is 0 Å². The average molecular weight is 235 g/mol. The topological polar surface area (TPSA) is 38.8 Å². The molecule has 0 bridgehead atoms. The quantitative estimate of drug-likeness (QED) is 0.798. The van der Waals surface area contributed by atoms with E-state index in [9.17, 15) is 4.79 Å². The number of benzene rings is 1. The van der Waals surface area contributed by atoms with Gasteiger partial charge in [0.05, 0.1) is 6.61 Å². The summed E-state index contributed by atoms with van der Waals surface area (Å²) in [4.78, 5) is 13.5. The summed E-state index contributed by atoms with van der Waals surface area (Å²) in [6, 6.07) is 7.65. The fourth-order valence-corrected chi connectivity index (χ4v) is 1.78. The number of amides is 1. The largest absolute Gasteiger partial charge is 0.484 e. The lowest BCUT2D eigenvalue weighted by atomic mass is 10.2. The molecule has 1 atom stereocenters. The summed E-state index contributed by atoms with van der Waals surface area (Å²) in [6.07, 6.45) is -0.135. The second-order valence-corrected chi connectivity index (χ2v) is 4.16. The highest BCUT2D eigenvalue weighted by molar-refractivity contribution is 5.78. The summed E-state index contributed by atoms with van der Waals surface area (Å²) in [5.41, 5.74) is 1.17. The zero-order valence-corrected chi connectivity index (χ0v) is 10.2. The minimum atomic E-state index is -0.135. The minimum absolute atomic E-state index is 0.0319. The van der Waals surface area contributed by atoms with Crippen LogP contribution in [0, 0.1) is 6.92 Å². The predicted molar refractivity (Wildman–Crippen MR) is 63.8 cm³/mol. The number of ether oxygens (including phenoxy) is 2. The van der Waals surface area contributed by atoms with Crippen LogP contribution in [0.15, 0.2) is 24.3 Å². The molecule has 0 radical (unpaired) electrons. The summed E-state index contributed by atoms with van der Waals surface area (Å²) < 4.78 is 10.7. The number of aryl methyl sites for hydroxylation is 1. The van der Waals surface area contributed by atoms with Gasteiger partial charge in [-0.05, 0) is 26.0 Å². The average Bonchev–Trinajstić information content (AvgIpc) is 2.74. The standard InChI is InChI=1S/C13H17NO3/c1-10-3-5-12(6-4-10)17-9-13(15)14-7-8-16-11(14)2/h3-6,11H,7-9H2,1-2H3. The van der Waals surface area contributed by atoms with Crippen LogP contribution in [0.2, 0.25) is 0 Å². The summed E-state index contributed by atoms with van der Waals surface area (Å²) in [6.45, 7) is 5.21. The lowest BCUT2D eigenvalue weighted by molar-refractivity contribution is -0.137. The molecular weight excluding hydrogens is 218 g/mol. The smallest absolute Gasteiger partial charge is 0.262 e. The molecule has 92 valence electrons. The van der Waals surface area contributed by atoms with Crippen LogP contribution < -0.4 is 4.74 Å². The van der Waals surface area contributed by atoms with Crippen molar-refractivity contribution < 1.29 is 14.3 Å². The van der Waals surface area contributed by atoms with Crippen molar-refractivity contribution in [1.29, 1.82) is 0 Å². The Labute approximate surface area is 101 Å². The predicted octanol–water partition coefficient (Wildman–Crippen LogP) is 1.58. The lowest BCUT2D eigenvalue weighted by Gasteiger charge is -2.19. The Balaban J connectivity index is 1.85. The zero-order chi connectivity index (χ0) is 12.3. The first kappa shape index (κ1) is 11.9. The molecule has 2 rings (SSSR count). The van der Waals surface area contributed by atoms with Gasteiger partial charge in [0.1, 0.15) is 12.0 Å². The van der Waals surface area contributed by atoms with Crippen LogP contribution in [0.3, 0.4) is 0 Å². The Morgan fingerprint density at radius 3 is 2.76 bits per heavy atom. The van der Waals surface area contributed by atoms with Crippen molar-refractivity contribution in [1.82, 2.24) is 4.90 Å². The molecule has 1 unspecified atom stereocenters. The van der Waals surface area contributed by atoms with Crippen molar-refractivity contribution in [3.63, 3.8) is 0 Å². The van der Waals surface area contributed by atoms with Crippen LogP contribution >= 0.6 is 0 Å². The summed E-state index contributed by atoms with van der Waals surface area (Å²) >= 11 is 0. The van der Waals surface area contributed by atoms with Gasteiger partial charge in [-0.2, -0.15) is 0 Å². The first-order chi connectivity index (χ1) is 8.16. The van der Waals surface area contributed by atoms with E-state index in [1.54, 1.807) is 4.90 Å². The van der Waals surface area contributed by atoms with Gasteiger partial charge in [-0.3, -0.25) is 4.79 Å². The maximum atomic E-state index is 11.8. The number of nitrogens with zero attached hydrogens (tertiary/aromatic N) is 1. The first-order valence-electron chi connectivity index (χ1n) is 5.77. The zero-order valence-electron chi connectivity index (χ0n) is 10.2. The highest BCUT2D eigenvalue weighted by Crippen LogP contribution is 2.13. The minimum Gasteiger partial charge on any atom is -0.484 e. The van der Waals surface area contributed by atoms with Gasteiger partial charge in [0.2, 0.25) is 0 Å². The van der Waals surface area contributed by atoms with Crippen molar-refractivity contribution in [2.75, 3.05) is 19.8 Å². The van der Waals surface area contributed by atoms with Gasteiger partial charge >= 0.3 is 0 Å². The van der Waals surface area contributed by atoms with Crippen LogP contribution in [0.1, 0.15) is 12.5 Å². The Hall–Kier alpha value is -1.55. The van der Waals surface area contributed by atoms with Gasteiger partial charge in [0.25, 0.3) is 5.91 Å². The molecule has 1 aliphatic heterocycles. The Kier molecular flexibility index (Phi) is 3.64. The molecule has 0 saturated carbocycles. The molecule has 4 nitrogen and oxygen atoms in total. The van der Waals surface area contributed by atoms with E-state index in [2.05, 4.69) is 0 Å². The van der Waals surface area contributed by atoms with Crippen LogP contribution in [0.4, 0.5) is 0 Å². The molecule has 1 saturated heterocycles. The van der Waals surface area contributed by atoms with Gasteiger partial charge in [-0.25, -0.2) is 0 Å². The molecule has 0 spiro atoms. The number of carbonyl (C=O) groups excluding carboxylic acids is 1. The monoisotopic (exact) mass is 235 g/mol. The lowest BCUT2D eigenvalue weighted by Crippen LogP contribution is -2.37. The van der Waals surface area contributed by atoms with E-state index in [-0.39, 0.29) is 18.7 Å². The molecule has 1 fully saturated rings. The maximum Gasteiger partial charge on any atom is 0.262 e. The highest BCUT2D eigenvalue weighted by Gasteiger charge is 2.25. The first-order valence-corrected chi connectivity index (χ1v) is 5.77. The van der Waals surface area contributed by atoms with E-state index in [4.69, 9.17) is 9.47 Å². The fourth-order valence-electron chi connectivity index (χ4n) is 1.78. The normalized spacial score (nSPS) is 19.4. The van der Waals surface area contributed by atoms with Crippen LogP contribution in [0.5, 0.6) is 5.75 Å². The van der Waals surface area contributed by atoms with Crippen LogP contribution in [-0.2, 0) is 9.53 Å². The molecule has 1 heterocycles. The third-order valence-electron chi connectivity index (χ3n) is 2.83. The molecule has 1 aromatic rings. The molecule has 4 heteroatoms. The molecule has 0 aliphatic carbocycles. The number of carbonyl (C=O) groups is 1. The van der Waals surface area contributed by atoms with E-state index < -0.39 is 0 Å². The number of hydrogen-bond acceptors (Lipinski definition) is 3. The van der Waals surface area contributed by atoms with Gasteiger partial charge in [0.15, 0.2) is 6.61 Å². The highest BCUT2D eigenvalue weighted by atomic mass is 16.5. The molecule has 1 aliphatic rings. The number of hydrogen-bond donors (Lipinski definition) is 0. The fraction of sp³-hybridized carbons (Fsp3) is 0.462. The summed E-state index contributed by atoms with van der Waals surface area (Å²) in [5.74, 6) is 0.687. The number of rotatable bonds is 3.